The minimum atomic E-state index is 0.345. The normalized spacial score (nSPS) is 26.4. The maximum atomic E-state index is 5.72. The Balaban J connectivity index is 2.11. The van der Waals surface area contributed by atoms with Crippen molar-refractivity contribution in [3.8, 4) is 0 Å². The van der Waals surface area contributed by atoms with Gasteiger partial charge in [-0.15, -0.1) is 0 Å². The monoisotopic (exact) mass is 200 g/mol. The van der Waals surface area contributed by atoms with Gasteiger partial charge >= 0.3 is 0 Å². The highest BCUT2D eigenvalue weighted by atomic mass is 16.5. The first-order valence-electron chi connectivity index (χ1n) is 5.73. The molecule has 0 aliphatic carbocycles. The minimum absolute atomic E-state index is 0.345. The first-order chi connectivity index (χ1) is 6.72. The van der Waals surface area contributed by atoms with Gasteiger partial charge in [0.15, 0.2) is 0 Å². The number of nitrogens with two attached hydrogens (primary N) is 1. The van der Waals surface area contributed by atoms with Crippen LogP contribution >= 0.6 is 0 Å². The lowest BCUT2D eigenvalue weighted by atomic mass is 10.1. The molecule has 1 saturated heterocycles. The van der Waals surface area contributed by atoms with Crippen molar-refractivity contribution in [2.75, 3.05) is 26.7 Å². The summed E-state index contributed by atoms with van der Waals surface area (Å²) in [5.74, 6) is 0. The Morgan fingerprint density at radius 2 is 2.36 bits per heavy atom. The lowest BCUT2D eigenvalue weighted by molar-refractivity contribution is 0.0308. The zero-order chi connectivity index (χ0) is 10.4. The second kappa shape index (κ2) is 6.38. The van der Waals surface area contributed by atoms with Gasteiger partial charge in [0.2, 0.25) is 0 Å². The fourth-order valence-electron chi connectivity index (χ4n) is 2.05. The zero-order valence-corrected chi connectivity index (χ0v) is 9.54. The van der Waals surface area contributed by atoms with Crippen LogP contribution in [0.4, 0.5) is 0 Å². The molecule has 3 nitrogen and oxygen atoms in total. The van der Waals surface area contributed by atoms with Crippen LogP contribution in [0.25, 0.3) is 0 Å². The second-order valence-electron chi connectivity index (χ2n) is 4.42. The summed E-state index contributed by atoms with van der Waals surface area (Å²) in [7, 11) is 1.82. The number of nitrogens with zero attached hydrogens (tertiary/aromatic N) is 1. The summed E-state index contributed by atoms with van der Waals surface area (Å²) in [6, 6.07) is 0.345. The largest absolute Gasteiger partial charge is 0.380 e. The highest BCUT2D eigenvalue weighted by Gasteiger charge is 2.18. The van der Waals surface area contributed by atoms with Crippen molar-refractivity contribution in [3.05, 3.63) is 0 Å². The molecule has 84 valence electrons. The van der Waals surface area contributed by atoms with Gasteiger partial charge in [-0.05, 0) is 45.7 Å². The smallest absolute Gasteiger partial charge is 0.0698 e. The van der Waals surface area contributed by atoms with Crippen molar-refractivity contribution in [1.82, 2.24) is 4.90 Å². The van der Waals surface area contributed by atoms with Crippen LogP contribution in [-0.2, 0) is 4.74 Å². The Morgan fingerprint density at radius 3 is 3.00 bits per heavy atom. The van der Waals surface area contributed by atoms with E-state index in [9.17, 15) is 0 Å². The molecule has 2 atom stereocenters. The molecule has 14 heavy (non-hydrogen) atoms. The molecule has 0 radical (unpaired) electrons. The van der Waals surface area contributed by atoms with Crippen molar-refractivity contribution < 1.29 is 4.74 Å². The van der Waals surface area contributed by atoms with E-state index in [1.54, 1.807) is 0 Å². The van der Waals surface area contributed by atoms with Gasteiger partial charge in [0.25, 0.3) is 0 Å². The number of likely N-dealkylation sites (tertiary alicyclic amines) is 1. The molecule has 0 aromatic heterocycles. The van der Waals surface area contributed by atoms with E-state index in [0.29, 0.717) is 12.1 Å². The van der Waals surface area contributed by atoms with Gasteiger partial charge in [0.05, 0.1) is 6.10 Å². The van der Waals surface area contributed by atoms with E-state index in [1.807, 2.05) is 7.11 Å². The van der Waals surface area contributed by atoms with Crippen molar-refractivity contribution in [2.45, 2.75) is 44.8 Å². The highest BCUT2D eigenvalue weighted by molar-refractivity contribution is 4.73. The lowest BCUT2D eigenvalue weighted by Crippen LogP contribution is -2.39. The van der Waals surface area contributed by atoms with Crippen LogP contribution in [0.15, 0.2) is 0 Å². The summed E-state index contributed by atoms with van der Waals surface area (Å²) in [6.07, 6.45) is 5.30. The number of hydrogen-bond acceptors (Lipinski definition) is 3. The first kappa shape index (κ1) is 12.0. The number of hydrogen-bond donors (Lipinski definition) is 1. The van der Waals surface area contributed by atoms with Gasteiger partial charge in [0.1, 0.15) is 0 Å². The molecule has 1 heterocycles. The first-order valence-corrected chi connectivity index (χ1v) is 5.73. The van der Waals surface area contributed by atoms with E-state index in [0.717, 1.165) is 13.0 Å². The third-order valence-electron chi connectivity index (χ3n) is 2.93. The molecule has 2 N–H and O–H groups in total. The standard InChI is InChI=1S/C11H24N2O/c1-10(12)5-3-7-13-8-4-6-11(9-13)14-2/h10-11H,3-9,12H2,1-2H3. The maximum absolute atomic E-state index is 5.72. The Hall–Kier alpha value is -0.120. The molecular formula is C11H24N2O. The fraction of sp³-hybridized carbons (Fsp3) is 1.00. The molecule has 1 aliphatic heterocycles. The van der Waals surface area contributed by atoms with Gasteiger partial charge in [0, 0.05) is 19.7 Å². The lowest BCUT2D eigenvalue weighted by Gasteiger charge is -2.31. The van der Waals surface area contributed by atoms with Gasteiger partial charge in [-0.3, -0.25) is 0 Å². The molecular weight excluding hydrogens is 176 g/mol. The molecule has 2 unspecified atom stereocenters. The van der Waals surface area contributed by atoms with Crippen molar-refractivity contribution in [1.29, 1.82) is 0 Å². The van der Waals surface area contributed by atoms with Crippen LogP contribution in [0.5, 0.6) is 0 Å². The van der Waals surface area contributed by atoms with E-state index >= 15 is 0 Å². The molecule has 0 amide bonds. The minimum Gasteiger partial charge on any atom is -0.380 e. The zero-order valence-electron chi connectivity index (χ0n) is 9.54. The molecule has 0 bridgehead atoms. The SMILES string of the molecule is COC1CCCN(CCCC(C)N)C1. The van der Waals surface area contributed by atoms with E-state index in [2.05, 4.69) is 11.8 Å². The summed E-state index contributed by atoms with van der Waals surface area (Å²) < 4.78 is 5.38. The third-order valence-corrected chi connectivity index (χ3v) is 2.93. The predicted molar refractivity (Wildman–Crippen MR) is 59.4 cm³/mol. The predicted octanol–water partition coefficient (Wildman–Crippen LogP) is 1.22. The van der Waals surface area contributed by atoms with Gasteiger partial charge in [-0.2, -0.15) is 0 Å². The fourth-order valence-corrected chi connectivity index (χ4v) is 2.05. The molecule has 1 aliphatic rings. The summed E-state index contributed by atoms with van der Waals surface area (Å²) in [5, 5.41) is 0. The van der Waals surface area contributed by atoms with Crippen LogP contribution < -0.4 is 5.73 Å². The summed E-state index contributed by atoms with van der Waals surface area (Å²) >= 11 is 0. The van der Waals surface area contributed by atoms with Crippen LogP contribution in [0.3, 0.4) is 0 Å². The number of rotatable bonds is 5. The van der Waals surface area contributed by atoms with E-state index < -0.39 is 0 Å². The maximum Gasteiger partial charge on any atom is 0.0698 e. The average molecular weight is 200 g/mol. The average Bonchev–Trinajstić information content (AvgIpc) is 2.18. The Kier molecular flexibility index (Phi) is 5.45. The molecule has 0 saturated carbocycles. The molecule has 0 aromatic carbocycles. The van der Waals surface area contributed by atoms with Crippen LogP contribution in [0, 0.1) is 0 Å². The molecule has 1 fully saturated rings. The second-order valence-corrected chi connectivity index (χ2v) is 4.42. The van der Waals surface area contributed by atoms with E-state index in [-0.39, 0.29) is 0 Å². The van der Waals surface area contributed by atoms with Gasteiger partial charge in [-0.1, -0.05) is 0 Å². The summed E-state index contributed by atoms with van der Waals surface area (Å²) in [4.78, 5) is 2.50. The van der Waals surface area contributed by atoms with Crippen LogP contribution in [0.1, 0.15) is 32.6 Å². The van der Waals surface area contributed by atoms with Crippen molar-refractivity contribution >= 4 is 0 Å². The van der Waals surface area contributed by atoms with Crippen LogP contribution in [-0.4, -0.2) is 43.8 Å². The highest BCUT2D eigenvalue weighted by Crippen LogP contribution is 2.13. The molecule has 0 spiro atoms. The summed E-state index contributed by atoms with van der Waals surface area (Å²) in [5.41, 5.74) is 5.72. The van der Waals surface area contributed by atoms with Crippen LogP contribution in [0.2, 0.25) is 0 Å². The van der Waals surface area contributed by atoms with Gasteiger partial charge < -0.3 is 15.4 Å². The van der Waals surface area contributed by atoms with Gasteiger partial charge in [-0.25, -0.2) is 0 Å². The summed E-state index contributed by atoms with van der Waals surface area (Å²) in [6.45, 7) is 5.60. The number of methoxy groups -OCH3 is 1. The topological polar surface area (TPSA) is 38.5 Å². The molecule has 0 aromatic rings. The third kappa shape index (κ3) is 4.40. The number of piperidine rings is 1. The quantitative estimate of drug-likeness (QED) is 0.725. The van der Waals surface area contributed by atoms with E-state index in [1.165, 1.54) is 32.4 Å². The molecule has 1 rings (SSSR count). The van der Waals surface area contributed by atoms with Crippen molar-refractivity contribution in [2.24, 2.45) is 5.73 Å². The van der Waals surface area contributed by atoms with Crippen molar-refractivity contribution in [3.63, 3.8) is 0 Å². The molecule has 3 heteroatoms. The Bertz CT molecular complexity index is 150. The Morgan fingerprint density at radius 1 is 1.57 bits per heavy atom. The Labute approximate surface area is 87.6 Å². The number of ether oxygens (including phenoxy) is 1. The van der Waals surface area contributed by atoms with E-state index in [4.69, 9.17) is 10.5 Å².